The Hall–Kier alpha value is -3.13. The van der Waals surface area contributed by atoms with E-state index in [9.17, 15) is 9.59 Å². The number of nitrogens with one attached hydrogen (secondary N) is 1. The van der Waals surface area contributed by atoms with Crippen LogP contribution < -0.4 is 5.32 Å². The van der Waals surface area contributed by atoms with E-state index in [-0.39, 0.29) is 11.8 Å². The first kappa shape index (κ1) is 16.2. The standard InChI is InChI=1S/C18H17N3O2/c1-13(22)21(2)12-16-7-3-4-9-17(16)20-18(23)15-8-5-6-14(10-15)11-19/h3-10H,12H2,1-2H3,(H,20,23). The molecule has 0 aliphatic heterocycles. The summed E-state index contributed by atoms with van der Waals surface area (Å²) in [5.41, 5.74) is 2.34. The molecule has 0 radical (unpaired) electrons. The minimum Gasteiger partial charge on any atom is -0.342 e. The van der Waals surface area contributed by atoms with Gasteiger partial charge in [-0.2, -0.15) is 5.26 Å². The van der Waals surface area contributed by atoms with Crippen molar-refractivity contribution in [2.45, 2.75) is 13.5 Å². The number of benzene rings is 2. The third kappa shape index (κ3) is 4.17. The number of para-hydroxylation sites is 1. The second-order valence-corrected chi connectivity index (χ2v) is 5.18. The molecular formula is C18H17N3O2. The van der Waals surface area contributed by atoms with Gasteiger partial charge in [0.05, 0.1) is 11.6 Å². The fraction of sp³-hybridized carbons (Fsp3) is 0.167. The Labute approximate surface area is 135 Å². The molecule has 116 valence electrons. The van der Waals surface area contributed by atoms with E-state index >= 15 is 0 Å². The zero-order valence-electron chi connectivity index (χ0n) is 13.0. The predicted molar refractivity (Wildman–Crippen MR) is 87.7 cm³/mol. The van der Waals surface area contributed by atoms with Gasteiger partial charge in [0.15, 0.2) is 0 Å². The van der Waals surface area contributed by atoms with E-state index in [4.69, 9.17) is 5.26 Å². The van der Waals surface area contributed by atoms with Gasteiger partial charge in [0, 0.05) is 31.8 Å². The molecule has 0 spiro atoms. The van der Waals surface area contributed by atoms with Crippen molar-refractivity contribution in [1.29, 1.82) is 5.26 Å². The highest BCUT2D eigenvalue weighted by atomic mass is 16.2. The summed E-state index contributed by atoms with van der Waals surface area (Å²) in [6, 6.07) is 15.8. The highest BCUT2D eigenvalue weighted by Crippen LogP contribution is 2.18. The molecule has 2 aromatic carbocycles. The van der Waals surface area contributed by atoms with Crippen molar-refractivity contribution in [1.82, 2.24) is 4.90 Å². The lowest BCUT2D eigenvalue weighted by molar-refractivity contribution is -0.128. The van der Waals surface area contributed by atoms with Crippen LogP contribution in [0.25, 0.3) is 0 Å². The minimum atomic E-state index is -0.292. The van der Waals surface area contributed by atoms with Gasteiger partial charge in [-0.05, 0) is 29.8 Å². The van der Waals surface area contributed by atoms with Gasteiger partial charge in [-0.1, -0.05) is 24.3 Å². The zero-order chi connectivity index (χ0) is 16.8. The third-order valence-corrected chi connectivity index (χ3v) is 3.46. The smallest absolute Gasteiger partial charge is 0.255 e. The maximum atomic E-state index is 12.4. The van der Waals surface area contributed by atoms with Gasteiger partial charge in [0.2, 0.25) is 5.91 Å². The molecule has 1 N–H and O–H groups in total. The number of rotatable bonds is 4. The van der Waals surface area contributed by atoms with E-state index in [2.05, 4.69) is 5.32 Å². The number of nitrogens with zero attached hydrogens (tertiary/aromatic N) is 2. The van der Waals surface area contributed by atoms with Gasteiger partial charge in [-0.15, -0.1) is 0 Å². The summed E-state index contributed by atoms with van der Waals surface area (Å²) in [5, 5.41) is 11.7. The molecule has 0 aliphatic carbocycles. The summed E-state index contributed by atoms with van der Waals surface area (Å²) in [6.45, 7) is 1.90. The first-order valence-corrected chi connectivity index (χ1v) is 7.12. The molecule has 5 nitrogen and oxygen atoms in total. The Morgan fingerprint density at radius 2 is 1.91 bits per heavy atom. The van der Waals surface area contributed by atoms with Gasteiger partial charge in [-0.25, -0.2) is 0 Å². The summed E-state index contributed by atoms with van der Waals surface area (Å²) in [4.78, 5) is 25.3. The molecule has 0 aliphatic rings. The van der Waals surface area contributed by atoms with Crippen molar-refractivity contribution in [3.05, 3.63) is 65.2 Å². The second-order valence-electron chi connectivity index (χ2n) is 5.18. The lowest BCUT2D eigenvalue weighted by atomic mass is 10.1. The lowest BCUT2D eigenvalue weighted by Crippen LogP contribution is -2.24. The van der Waals surface area contributed by atoms with Crippen LogP contribution >= 0.6 is 0 Å². The second kappa shape index (κ2) is 7.23. The van der Waals surface area contributed by atoms with Crippen LogP contribution in [0.3, 0.4) is 0 Å². The van der Waals surface area contributed by atoms with Gasteiger partial charge in [-0.3, -0.25) is 9.59 Å². The first-order valence-electron chi connectivity index (χ1n) is 7.12. The zero-order valence-corrected chi connectivity index (χ0v) is 13.0. The number of carbonyl (C=O) groups is 2. The molecule has 0 unspecified atom stereocenters. The molecule has 2 aromatic rings. The van der Waals surface area contributed by atoms with Gasteiger partial charge < -0.3 is 10.2 Å². The van der Waals surface area contributed by atoms with E-state index in [0.29, 0.717) is 23.4 Å². The Kier molecular flexibility index (Phi) is 5.11. The van der Waals surface area contributed by atoms with Crippen LogP contribution in [0, 0.1) is 11.3 Å². The van der Waals surface area contributed by atoms with Crippen LogP contribution in [-0.4, -0.2) is 23.8 Å². The van der Waals surface area contributed by atoms with E-state index < -0.39 is 0 Å². The number of hydrogen-bond donors (Lipinski definition) is 1. The number of amides is 2. The fourth-order valence-corrected chi connectivity index (χ4v) is 2.07. The van der Waals surface area contributed by atoms with Gasteiger partial charge in [0.25, 0.3) is 5.91 Å². The predicted octanol–water partition coefficient (Wildman–Crippen LogP) is 2.79. The lowest BCUT2D eigenvalue weighted by Gasteiger charge is -2.18. The summed E-state index contributed by atoms with van der Waals surface area (Å²) in [6.07, 6.45) is 0. The summed E-state index contributed by atoms with van der Waals surface area (Å²) in [7, 11) is 1.71. The van der Waals surface area contributed by atoms with Gasteiger partial charge >= 0.3 is 0 Å². The summed E-state index contributed by atoms with van der Waals surface area (Å²) < 4.78 is 0. The molecule has 23 heavy (non-hydrogen) atoms. The molecule has 0 saturated heterocycles. The third-order valence-electron chi connectivity index (χ3n) is 3.46. The van der Waals surface area contributed by atoms with Crippen LogP contribution in [0.1, 0.15) is 28.4 Å². The number of nitriles is 1. The van der Waals surface area contributed by atoms with Crippen molar-refractivity contribution in [3.8, 4) is 6.07 Å². The average molecular weight is 307 g/mol. The maximum Gasteiger partial charge on any atom is 0.255 e. The van der Waals surface area contributed by atoms with Crippen molar-refractivity contribution in [2.75, 3.05) is 12.4 Å². The number of hydrogen-bond acceptors (Lipinski definition) is 3. The maximum absolute atomic E-state index is 12.4. The van der Waals surface area contributed by atoms with E-state index in [0.717, 1.165) is 5.56 Å². The minimum absolute atomic E-state index is 0.0483. The van der Waals surface area contributed by atoms with E-state index in [1.807, 2.05) is 24.3 Å². The molecule has 2 amide bonds. The quantitative estimate of drug-likeness (QED) is 0.944. The molecule has 0 fully saturated rings. The fourth-order valence-electron chi connectivity index (χ4n) is 2.07. The Morgan fingerprint density at radius 1 is 1.17 bits per heavy atom. The topological polar surface area (TPSA) is 73.2 Å². The van der Waals surface area contributed by atoms with Crippen molar-refractivity contribution in [3.63, 3.8) is 0 Å². The Morgan fingerprint density at radius 3 is 2.61 bits per heavy atom. The first-order chi connectivity index (χ1) is 11.0. The summed E-state index contributed by atoms with van der Waals surface area (Å²) in [5.74, 6) is -0.340. The van der Waals surface area contributed by atoms with Crippen molar-refractivity contribution in [2.24, 2.45) is 0 Å². The van der Waals surface area contributed by atoms with Crippen molar-refractivity contribution < 1.29 is 9.59 Å². The van der Waals surface area contributed by atoms with Crippen LogP contribution in [-0.2, 0) is 11.3 Å². The highest BCUT2D eigenvalue weighted by molar-refractivity contribution is 6.04. The monoisotopic (exact) mass is 307 g/mol. The van der Waals surface area contributed by atoms with Crippen LogP contribution in [0.5, 0.6) is 0 Å². The van der Waals surface area contributed by atoms with Crippen molar-refractivity contribution >= 4 is 17.5 Å². The normalized spacial score (nSPS) is 9.78. The van der Waals surface area contributed by atoms with Crippen LogP contribution in [0.15, 0.2) is 48.5 Å². The molecule has 5 heteroatoms. The molecule has 0 aromatic heterocycles. The number of carbonyl (C=O) groups excluding carboxylic acids is 2. The molecule has 2 rings (SSSR count). The molecule has 0 heterocycles. The molecular weight excluding hydrogens is 290 g/mol. The van der Waals surface area contributed by atoms with E-state index in [1.54, 1.807) is 42.3 Å². The summed E-state index contributed by atoms with van der Waals surface area (Å²) >= 11 is 0. The van der Waals surface area contributed by atoms with Gasteiger partial charge in [0.1, 0.15) is 0 Å². The molecule has 0 bridgehead atoms. The average Bonchev–Trinajstić information content (AvgIpc) is 2.56. The Balaban J connectivity index is 2.21. The molecule has 0 atom stereocenters. The largest absolute Gasteiger partial charge is 0.342 e. The SMILES string of the molecule is CC(=O)N(C)Cc1ccccc1NC(=O)c1cccc(C#N)c1. The van der Waals surface area contributed by atoms with E-state index in [1.165, 1.54) is 6.92 Å². The Bertz CT molecular complexity index is 778. The number of anilines is 1. The van der Waals surface area contributed by atoms with Crippen LogP contribution in [0.2, 0.25) is 0 Å². The highest BCUT2D eigenvalue weighted by Gasteiger charge is 2.11. The molecule has 0 saturated carbocycles. The van der Waals surface area contributed by atoms with Crippen LogP contribution in [0.4, 0.5) is 5.69 Å².